The Balaban J connectivity index is 1.42. The first-order valence-electron chi connectivity index (χ1n) is 11.5. The van der Waals surface area contributed by atoms with Crippen molar-refractivity contribution >= 4 is 6.09 Å². The van der Waals surface area contributed by atoms with Crippen molar-refractivity contribution in [3.8, 4) is 17.2 Å². The fourth-order valence-corrected chi connectivity index (χ4v) is 4.09. The highest BCUT2D eigenvalue weighted by Gasteiger charge is 2.21. The Kier molecular flexibility index (Phi) is 7.27. The minimum Gasteiger partial charge on any atom is -0.489 e. The van der Waals surface area contributed by atoms with E-state index in [-0.39, 0.29) is 12.7 Å². The molecule has 1 aliphatic rings. The Morgan fingerprint density at radius 1 is 1.06 bits per heavy atom. The van der Waals surface area contributed by atoms with E-state index >= 15 is 0 Å². The van der Waals surface area contributed by atoms with E-state index in [1.54, 1.807) is 7.05 Å². The monoisotopic (exact) mass is 449 g/mol. The van der Waals surface area contributed by atoms with Gasteiger partial charge in [-0.3, -0.25) is 0 Å². The molecule has 3 aromatic rings. The minimum atomic E-state index is -0.411. The van der Waals surface area contributed by atoms with Gasteiger partial charge in [-0.15, -0.1) is 0 Å². The van der Waals surface area contributed by atoms with Crippen LogP contribution in [0.15, 0.2) is 47.0 Å². The number of rotatable bonds is 7. The van der Waals surface area contributed by atoms with E-state index in [0.29, 0.717) is 29.3 Å². The molecule has 0 radical (unpaired) electrons. The summed E-state index contributed by atoms with van der Waals surface area (Å²) in [5, 5.41) is 4.08. The van der Waals surface area contributed by atoms with Gasteiger partial charge in [0, 0.05) is 13.6 Å². The van der Waals surface area contributed by atoms with Crippen LogP contribution in [0.5, 0.6) is 5.75 Å². The van der Waals surface area contributed by atoms with Gasteiger partial charge in [0.2, 0.25) is 0 Å². The van der Waals surface area contributed by atoms with E-state index in [2.05, 4.69) is 5.16 Å². The lowest BCUT2D eigenvalue weighted by Crippen LogP contribution is -2.26. The molecule has 33 heavy (non-hydrogen) atoms. The van der Waals surface area contributed by atoms with Gasteiger partial charge in [0.05, 0.1) is 23.1 Å². The van der Waals surface area contributed by atoms with Crippen molar-refractivity contribution in [3.05, 3.63) is 65.0 Å². The number of carbonyl (C=O) groups excluding carboxylic acids is 1. The molecule has 1 aromatic carbocycles. The number of hydrogen-bond donors (Lipinski definition) is 0. The summed E-state index contributed by atoms with van der Waals surface area (Å²) in [5.74, 6) is 1.32. The van der Waals surface area contributed by atoms with Gasteiger partial charge in [-0.25, -0.2) is 9.78 Å². The van der Waals surface area contributed by atoms with Crippen LogP contribution in [0.3, 0.4) is 0 Å². The number of ether oxygens (including phenoxy) is 2. The summed E-state index contributed by atoms with van der Waals surface area (Å²) >= 11 is 0. The zero-order valence-corrected chi connectivity index (χ0v) is 19.5. The van der Waals surface area contributed by atoms with Crippen molar-refractivity contribution in [1.29, 1.82) is 0 Å². The van der Waals surface area contributed by atoms with Crippen LogP contribution in [0.25, 0.3) is 11.5 Å². The number of carbonyl (C=O) groups is 1. The molecular formula is C26H31N3O4. The molecular weight excluding hydrogens is 418 g/mol. The fraction of sp³-hybridized carbons (Fsp3) is 0.423. The van der Waals surface area contributed by atoms with E-state index in [9.17, 15) is 4.79 Å². The third-order valence-electron chi connectivity index (χ3n) is 6.01. The van der Waals surface area contributed by atoms with Gasteiger partial charge < -0.3 is 18.9 Å². The Hall–Kier alpha value is -3.35. The number of aromatic nitrogens is 2. The van der Waals surface area contributed by atoms with Crippen LogP contribution in [0.1, 0.15) is 54.6 Å². The van der Waals surface area contributed by atoms with Gasteiger partial charge in [0.1, 0.15) is 18.1 Å². The molecule has 1 amide bonds. The van der Waals surface area contributed by atoms with Crippen molar-refractivity contribution in [2.24, 2.45) is 0 Å². The topological polar surface area (TPSA) is 77.7 Å². The second-order valence-electron chi connectivity index (χ2n) is 8.63. The molecule has 2 aromatic heterocycles. The lowest BCUT2D eigenvalue weighted by molar-refractivity contribution is 0.102. The van der Waals surface area contributed by atoms with E-state index in [0.717, 1.165) is 29.8 Å². The summed E-state index contributed by atoms with van der Waals surface area (Å²) < 4.78 is 17.3. The van der Waals surface area contributed by atoms with E-state index in [1.807, 2.05) is 56.3 Å². The molecule has 7 nitrogen and oxygen atoms in total. The van der Waals surface area contributed by atoms with E-state index in [4.69, 9.17) is 19.0 Å². The molecule has 0 aliphatic heterocycles. The van der Waals surface area contributed by atoms with Crippen LogP contribution in [-0.4, -0.2) is 34.3 Å². The van der Waals surface area contributed by atoms with Crippen LogP contribution < -0.4 is 4.74 Å². The number of nitrogens with zero attached hydrogens (tertiary/aromatic N) is 3. The van der Waals surface area contributed by atoms with Crippen LogP contribution in [0.4, 0.5) is 4.79 Å². The smallest absolute Gasteiger partial charge is 0.410 e. The number of aryl methyl sites for hydroxylation is 2. The maximum Gasteiger partial charge on any atom is 0.410 e. The van der Waals surface area contributed by atoms with Crippen molar-refractivity contribution in [3.63, 3.8) is 0 Å². The van der Waals surface area contributed by atoms with Gasteiger partial charge in [-0.05, 0) is 57.2 Å². The summed E-state index contributed by atoms with van der Waals surface area (Å²) in [5.41, 5.74) is 3.87. The Bertz CT molecular complexity index is 1070. The highest BCUT2D eigenvalue weighted by atomic mass is 16.6. The first-order chi connectivity index (χ1) is 16.0. The average Bonchev–Trinajstić information content (AvgIpc) is 3.20. The van der Waals surface area contributed by atoms with Gasteiger partial charge in [-0.2, -0.15) is 0 Å². The Morgan fingerprint density at radius 2 is 1.82 bits per heavy atom. The highest BCUT2D eigenvalue weighted by Crippen LogP contribution is 2.30. The normalized spacial score (nSPS) is 14.2. The Labute approximate surface area is 194 Å². The van der Waals surface area contributed by atoms with Gasteiger partial charge >= 0.3 is 6.09 Å². The summed E-state index contributed by atoms with van der Waals surface area (Å²) in [6.07, 6.45) is 5.76. The average molecular weight is 450 g/mol. The molecule has 1 aliphatic carbocycles. The molecule has 0 spiro atoms. The van der Waals surface area contributed by atoms with E-state index in [1.165, 1.54) is 24.2 Å². The molecule has 4 rings (SSSR count). The summed E-state index contributed by atoms with van der Waals surface area (Å²) in [7, 11) is 1.71. The summed E-state index contributed by atoms with van der Waals surface area (Å²) in [6.45, 7) is 4.29. The standard InChI is InChI=1S/C26H31N3O4/c1-18-22(17-31-26(30)29(3)16-20-10-6-4-7-11-20)25(33-28-18)23-14-15-24(19(2)27-23)32-21-12-8-5-9-13-21/h4,6-7,10-11,14-15,21H,5,8-9,12-13,16-17H2,1-3H3. The molecule has 1 fully saturated rings. The van der Waals surface area contributed by atoms with Gasteiger partial charge in [0.15, 0.2) is 5.76 Å². The molecule has 1 saturated carbocycles. The maximum atomic E-state index is 12.5. The molecule has 7 heteroatoms. The first-order valence-corrected chi connectivity index (χ1v) is 11.5. The van der Waals surface area contributed by atoms with Crippen molar-refractivity contribution in [2.45, 2.75) is 65.2 Å². The van der Waals surface area contributed by atoms with Gasteiger partial charge in [0.25, 0.3) is 0 Å². The minimum absolute atomic E-state index is 0.0592. The number of pyridine rings is 1. The van der Waals surface area contributed by atoms with Gasteiger partial charge in [-0.1, -0.05) is 41.9 Å². The predicted molar refractivity (Wildman–Crippen MR) is 125 cm³/mol. The molecule has 0 unspecified atom stereocenters. The van der Waals surface area contributed by atoms with Crippen LogP contribution in [0, 0.1) is 13.8 Å². The zero-order chi connectivity index (χ0) is 23.2. The van der Waals surface area contributed by atoms with Crippen LogP contribution in [0.2, 0.25) is 0 Å². The van der Waals surface area contributed by atoms with Crippen LogP contribution in [-0.2, 0) is 17.9 Å². The van der Waals surface area contributed by atoms with Crippen molar-refractivity contribution in [2.75, 3.05) is 7.05 Å². The molecule has 0 atom stereocenters. The second-order valence-corrected chi connectivity index (χ2v) is 8.63. The number of hydrogen-bond acceptors (Lipinski definition) is 6. The molecule has 0 saturated heterocycles. The molecule has 0 N–H and O–H groups in total. The zero-order valence-electron chi connectivity index (χ0n) is 19.5. The highest BCUT2D eigenvalue weighted by molar-refractivity contribution is 5.68. The first kappa shape index (κ1) is 22.8. The third-order valence-corrected chi connectivity index (χ3v) is 6.01. The fourth-order valence-electron chi connectivity index (χ4n) is 4.09. The largest absolute Gasteiger partial charge is 0.489 e. The number of benzene rings is 1. The molecule has 2 heterocycles. The van der Waals surface area contributed by atoms with E-state index < -0.39 is 6.09 Å². The lowest BCUT2D eigenvalue weighted by Gasteiger charge is -2.23. The summed E-state index contributed by atoms with van der Waals surface area (Å²) in [4.78, 5) is 18.7. The van der Waals surface area contributed by atoms with Crippen molar-refractivity contribution < 1.29 is 18.8 Å². The molecule has 174 valence electrons. The lowest BCUT2D eigenvalue weighted by atomic mass is 9.98. The van der Waals surface area contributed by atoms with Crippen molar-refractivity contribution in [1.82, 2.24) is 15.0 Å². The summed E-state index contributed by atoms with van der Waals surface area (Å²) in [6, 6.07) is 13.6. The quantitative estimate of drug-likeness (QED) is 0.451. The third kappa shape index (κ3) is 5.72. The van der Waals surface area contributed by atoms with Crippen LogP contribution >= 0.6 is 0 Å². The molecule has 0 bridgehead atoms. The number of amides is 1. The SMILES string of the molecule is Cc1nc(-c2onc(C)c2COC(=O)N(C)Cc2ccccc2)ccc1OC1CCCCC1. The second kappa shape index (κ2) is 10.5. The maximum absolute atomic E-state index is 12.5. The Morgan fingerprint density at radius 3 is 2.55 bits per heavy atom. The predicted octanol–water partition coefficient (Wildman–Crippen LogP) is 5.83.